The first-order chi connectivity index (χ1) is 11.6. The number of halogens is 1. The fraction of sp³-hybridized carbons (Fsp3) is 0.588. The van der Waals surface area contributed by atoms with Crippen LogP contribution in [0, 0.1) is 0 Å². The molecule has 2 rings (SSSR count). The van der Waals surface area contributed by atoms with E-state index in [2.05, 4.69) is 49.5 Å². The number of carbonyl (C=O) groups is 1. The minimum absolute atomic E-state index is 0.277. The number of amides is 1. The summed E-state index contributed by atoms with van der Waals surface area (Å²) in [6, 6.07) is 0. The predicted octanol–water partition coefficient (Wildman–Crippen LogP) is 3.78. The molecule has 6 nitrogen and oxygen atoms in total. The Hall–Kier alpha value is -1.63. The maximum atomic E-state index is 11.6. The lowest BCUT2D eigenvalue weighted by Crippen LogP contribution is -2.27. The van der Waals surface area contributed by atoms with Crippen molar-refractivity contribution in [3.05, 3.63) is 22.4 Å². The molecule has 1 saturated heterocycles. The fourth-order valence-corrected chi connectivity index (χ4v) is 2.89. The summed E-state index contributed by atoms with van der Waals surface area (Å²) >= 11 is 3.47. The smallest absolute Gasteiger partial charge is 0.228 e. The topological polar surface area (TPSA) is 70.2 Å². The van der Waals surface area contributed by atoms with Crippen molar-refractivity contribution in [2.75, 3.05) is 30.3 Å². The van der Waals surface area contributed by atoms with Crippen LogP contribution in [0.25, 0.3) is 0 Å². The monoisotopic (exact) mass is 395 g/mol. The van der Waals surface area contributed by atoms with Crippen molar-refractivity contribution >= 4 is 33.6 Å². The number of hydrogen-bond donors (Lipinski definition) is 2. The first kappa shape index (κ1) is 18.7. The van der Waals surface area contributed by atoms with E-state index in [9.17, 15) is 4.79 Å². The molecule has 1 aliphatic heterocycles. The minimum atomic E-state index is 0.277. The molecule has 132 valence electrons. The molecule has 0 atom stereocenters. The number of likely N-dealkylation sites (tertiary alicyclic amines) is 1. The summed E-state index contributed by atoms with van der Waals surface area (Å²) < 4.78 is 0.834. The van der Waals surface area contributed by atoms with Crippen molar-refractivity contribution in [3.8, 4) is 0 Å². The Bertz CT molecular complexity index is 590. The van der Waals surface area contributed by atoms with E-state index in [1.807, 2.05) is 11.8 Å². The number of nitrogens with zero attached hydrogens (tertiary/aromatic N) is 3. The van der Waals surface area contributed by atoms with E-state index in [1.54, 1.807) is 6.20 Å². The van der Waals surface area contributed by atoms with E-state index in [0.29, 0.717) is 12.4 Å². The molecular weight excluding hydrogens is 370 g/mol. The summed E-state index contributed by atoms with van der Waals surface area (Å²) in [7, 11) is 0. The minimum Gasteiger partial charge on any atom is -0.369 e. The third-order valence-corrected chi connectivity index (χ3v) is 4.44. The summed E-state index contributed by atoms with van der Waals surface area (Å²) in [5.41, 5.74) is 1.05. The fourth-order valence-electron chi connectivity index (χ4n) is 2.56. The lowest BCUT2D eigenvalue weighted by Gasteiger charge is -2.16. The molecular formula is C17H26BrN5O. The molecule has 1 fully saturated rings. The average Bonchev–Trinajstić information content (AvgIpc) is 2.97. The molecule has 24 heavy (non-hydrogen) atoms. The highest BCUT2D eigenvalue weighted by Gasteiger charge is 2.18. The Morgan fingerprint density at radius 3 is 3.04 bits per heavy atom. The summed E-state index contributed by atoms with van der Waals surface area (Å²) in [4.78, 5) is 22.3. The molecule has 1 aliphatic rings. The number of hydrogen-bond acceptors (Lipinski definition) is 5. The number of anilines is 2. The van der Waals surface area contributed by atoms with Crippen molar-refractivity contribution in [3.63, 3.8) is 0 Å². The Labute approximate surface area is 152 Å². The zero-order valence-electron chi connectivity index (χ0n) is 14.4. The van der Waals surface area contributed by atoms with Crippen LogP contribution in [0.15, 0.2) is 22.4 Å². The van der Waals surface area contributed by atoms with Crippen LogP contribution in [0.4, 0.5) is 11.8 Å². The van der Waals surface area contributed by atoms with E-state index in [-0.39, 0.29) is 5.91 Å². The molecule has 0 radical (unpaired) electrons. The molecule has 1 aromatic heterocycles. The van der Waals surface area contributed by atoms with Crippen molar-refractivity contribution in [1.82, 2.24) is 14.9 Å². The zero-order valence-corrected chi connectivity index (χ0v) is 16.0. The molecule has 0 aliphatic carbocycles. The standard InChI is InChI=1S/C17H26BrN5O/c1-3-4-7-13(2)21-17-20-12-14(18)16(22-17)19-9-6-11-23-10-5-8-15(23)24/h7,12H,3-6,8-11H2,1-2H3,(H2,19,20,21,22)/b13-7+. The van der Waals surface area contributed by atoms with Crippen LogP contribution in [0.5, 0.6) is 0 Å². The molecule has 0 bridgehead atoms. The van der Waals surface area contributed by atoms with Crippen molar-refractivity contribution < 1.29 is 4.79 Å². The predicted molar refractivity (Wildman–Crippen MR) is 101 cm³/mol. The third kappa shape index (κ3) is 5.78. The second-order valence-electron chi connectivity index (χ2n) is 5.96. The van der Waals surface area contributed by atoms with Crippen molar-refractivity contribution in [1.29, 1.82) is 0 Å². The zero-order chi connectivity index (χ0) is 17.4. The molecule has 1 aromatic rings. The van der Waals surface area contributed by atoms with Gasteiger partial charge in [0.1, 0.15) is 5.82 Å². The largest absolute Gasteiger partial charge is 0.369 e. The van der Waals surface area contributed by atoms with E-state index in [1.165, 1.54) is 0 Å². The van der Waals surface area contributed by atoms with Gasteiger partial charge in [-0.3, -0.25) is 4.79 Å². The Balaban J connectivity index is 1.83. The quantitative estimate of drug-likeness (QED) is 0.622. The van der Waals surface area contributed by atoms with Gasteiger partial charge >= 0.3 is 0 Å². The Morgan fingerprint density at radius 2 is 2.33 bits per heavy atom. The second-order valence-corrected chi connectivity index (χ2v) is 6.81. The first-order valence-electron chi connectivity index (χ1n) is 8.58. The van der Waals surface area contributed by atoms with E-state index in [0.717, 1.165) is 61.3 Å². The van der Waals surface area contributed by atoms with Crippen molar-refractivity contribution in [2.45, 2.75) is 46.0 Å². The number of rotatable bonds is 9. The van der Waals surface area contributed by atoms with Crippen LogP contribution >= 0.6 is 15.9 Å². The van der Waals surface area contributed by atoms with Crippen molar-refractivity contribution in [2.24, 2.45) is 0 Å². The van der Waals surface area contributed by atoms with Crippen LogP contribution in [0.1, 0.15) is 46.0 Å². The number of allylic oxidation sites excluding steroid dienone is 2. The van der Waals surface area contributed by atoms with Gasteiger partial charge in [0.2, 0.25) is 11.9 Å². The lowest BCUT2D eigenvalue weighted by atomic mass is 10.3. The highest BCUT2D eigenvalue weighted by atomic mass is 79.9. The van der Waals surface area contributed by atoms with E-state index >= 15 is 0 Å². The summed E-state index contributed by atoms with van der Waals surface area (Å²) in [5, 5.41) is 6.52. The number of nitrogens with one attached hydrogen (secondary N) is 2. The van der Waals surface area contributed by atoms with Crippen LogP contribution in [-0.4, -0.2) is 40.4 Å². The summed E-state index contributed by atoms with van der Waals surface area (Å²) in [6.07, 6.45) is 8.64. The molecule has 0 unspecified atom stereocenters. The first-order valence-corrected chi connectivity index (χ1v) is 9.37. The van der Waals surface area contributed by atoms with E-state index in [4.69, 9.17) is 0 Å². The van der Waals surface area contributed by atoms with Crippen LogP contribution in [-0.2, 0) is 4.79 Å². The number of carbonyl (C=O) groups excluding carboxylic acids is 1. The van der Waals surface area contributed by atoms with Gasteiger partial charge in [-0.25, -0.2) is 4.98 Å². The SMILES string of the molecule is CCC/C=C(\C)Nc1ncc(Br)c(NCCCN2CCCC2=O)n1. The molecule has 2 N–H and O–H groups in total. The van der Waals surface area contributed by atoms with Gasteiger partial charge in [0.25, 0.3) is 0 Å². The Morgan fingerprint density at radius 1 is 1.50 bits per heavy atom. The lowest BCUT2D eigenvalue weighted by molar-refractivity contribution is -0.127. The van der Waals surface area contributed by atoms with Gasteiger partial charge in [0.15, 0.2) is 0 Å². The van der Waals surface area contributed by atoms with Crippen LogP contribution < -0.4 is 10.6 Å². The molecule has 0 aromatic carbocycles. The van der Waals surface area contributed by atoms with Gasteiger partial charge in [-0.2, -0.15) is 4.98 Å². The van der Waals surface area contributed by atoms with Gasteiger partial charge in [0.05, 0.1) is 4.47 Å². The van der Waals surface area contributed by atoms with Gasteiger partial charge in [0, 0.05) is 37.9 Å². The molecule has 2 heterocycles. The molecule has 0 saturated carbocycles. The van der Waals surface area contributed by atoms with Crippen LogP contribution in [0.2, 0.25) is 0 Å². The van der Waals surface area contributed by atoms with Crippen LogP contribution in [0.3, 0.4) is 0 Å². The number of aromatic nitrogens is 2. The highest BCUT2D eigenvalue weighted by Crippen LogP contribution is 2.20. The van der Waals surface area contributed by atoms with Gasteiger partial charge in [-0.1, -0.05) is 19.4 Å². The van der Waals surface area contributed by atoms with Gasteiger partial charge < -0.3 is 15.5 Å². The molecule has 0 spiro atoms. The van der Waals surface area contributed by atoms with Gasteiger partial charge in [-0.05, 0) is 42.1 Å². The molecule has 7 heteroatoms. The third-order valence-electron chi connectivity index (χ3n) is 3.86. The maximum absolute atomic E-state index is 11.6. The highest BCUT2D eigenvalue weighted by molar-refractivity contribution is 9.10. The maximum Gasteiger partial charge on any atom is 0.228 e. The number of unbranched alkanes of at least 4 members (excludes halogenated alkanes) is 1. The summed E-state index contributed by atoms with van der Waals surface area (Å²) in [6.45, 7) is 6.63. The second kappa shape index (κ2) is 9.61. The van der Waals surface area contributed by atoms with Gasteiger partial charge in [-0.15, -0.1) is 0 Å². The van der Waals surface area contributed by atoms with E-state index < -0.39 is 0 Å². The Kier molecular flexibility index (Phi) is 7.49. The average molecular weight is 396 g/mol. The summed E-state index contributed by atoms with van der Waals surface area (Å²) in [5.74, 6) is 1.63. The normalized spacial score (nSPS) is 15.0. The molecule has 1 amide bonds.